The standard InChI is InChI=1S/C8H15N2/c1-3-9-5-7-10(4-2)8-6-9/h5-7H,3-4,8H2,1-2H3/q+1. The van der Waals surface area contributed by atoms with E-state index in [2.05, 4.69) is 41.9 Å². The highest BCUT2D eigenvalue weighted by Gasteiger charge is 2.04. The van der Waals surface area contributed by atoms with Crippen molar-refractivity contribution in [1.82, 2.24) is 4.90 Å². The van der Waals surface area contributed by atoms with Gasteiger partial charge in [0.25, 0.3) is 0 Å². The smallest absolute Gasteiger partial charge is 0.184 e. The maximum atomic E-state index is 2.27. The van der Waals surface area contributed by atoms with E-state index in [0.29, 0.717) is 0 Å². The van der Waals surface area contributed by atoms with E-state index in [1.807, 2.05) is 0 Å². The monoisotopic (exact) mass is 139 g/mol. The molecule has 0 saturated heterocycles. The Hall–Kier alpha value is -0.790. The molecule has 1 aliphatic rings. The maximum absolute atomic E-state index is 2.27. The first-order valence-corrected chi connectivity index (χ1v) is 3.88. The van der Waals surface area contributed by atoms with Gasteiger partial charge < -0.3 is 4.90 Å². The van der Waals surface area contributed by atoms with Gasteiger partial charge in [-0.1, -0.05) is 0 Å². The van der Waals surface area contributed by atoms with Crippen LogP contribution in [0.4, 0.5) is 0 Å². The van der Waals surface area contributed by atoms with E-state index in [9.17, 15) is 0 Å². The van der Waals surface area contributed by atoms with E-state index in [1.165, 1.54) is 0 Å². The molecule has 0 bridgehead atoms. The van der Waals surface area contributed by atoms with Crippen molar-refractivity contribution < 1.29 is 4.58 Å². The summed E-state index contributed by atoms with van der Waals surface area (Å²) in [5.74, 6) is 0. The van der Waals surface area contributed by atoms with E-state index in [4.69, 9.17) is 0 Å². The SMILES string of the molecule is CCN1C=C[N+](CC)=CC1. The molecular formula is C8H15N2+. The predicted octanol–water partition coefficient (Wildman–Crippen LogP) is 0.896. The fourth-order valence-electron chi connectivity index (χ4n) is 0.980. The average molecular weight is 139 g/mol. The second-order valence-electron chi connectivity index (χ2n) is 2.40. The van der Waals surface area contributed by atoms with Gasteiger partial charge in [-0.25, -0.2) is 4.58 Å². The van der Waals surface area contributed by atoms with Crippen LogP contribution in [0, 0.1) is 0 Å². The zero-order valence-corrected chi connectivity index (χ0v) is 6.75. The topological polar surface area (TPSA) is 6.25 Å². The fourth-order valence-corrected chi connectivity index (χ4v) is 0.980. The minimum absolute atomic E-state index is 1.06. The second-order valence-corrected chi connectivity index (χ2v) is 2.40. The van der Waals surface area contributed by atoms with Crippen LogP contribution in [0.25, 0.3) is 0 Å². The van der Waals surface area contributed by atoms with Crippen LogP contribution in [0.3, 0.4) is 0 Å². The molecule has 2 nitrogen and oxygen atoms in total. The zero-order chi connectivity index (χ0) is 7.40. The summed E-state index contributed by atoms with van der Waals surface area (Å²) in [5.41, 5.74) is 0. The molecular weight excluding hydrogens is 124 g/mol. The molecule has 10 heavy (non-hydrogen) atoms. The molecule has 0 radical (unpaired) electrons. The summed E-state index contributed by atoms with van der Waals surface area (Å²) in [6.45, 7) is 7.56. The summed E-state index contributed by atoms with van der Waals surface area (Å²) < 4.78 is 2.20. The molecule has 0 aromatic rings. The normalized spacial score (nSPS) is 17.4. The van der Waals surface area contributed by atoms with E-state index >= 15 is 0 Å². The zero-order valence-electron chi connectivity index (χ0n) is 6.75. The summed E-state index contributed by atoms with van der Waals surface area (Å²) in [4.78, 5) is 2.27. The van der Waals surface area contributed by atoms with Crippen LogP contribution in [0.15, 0.2) is 12.4 Å². The van der Waals surface area contributed by atoms with E-state index in [-0.39, 0.29) is 0 Å². The lowest BCUT2D eigenvalue weighted by molar-refractivity contribution is -0.451. The van der Waals surface area contributed by atoms with Gasteiger partial charge in [0.05, 0.1) is 12.7 Å². The lowest BCUT2D eigenvalue weighted by Crippen LogP contribution is -2.26. The first-order valence-electron chi connectivity index (χ1n) is 3.88. The van der Waals surface area contributed by atoms with Crippen molar-refractivity contribution in [2.75, 3.05) is 19.6 Å². The van der Waals surface area contributed by atoms with Gasteiger partial charge in [-0.05, 0) is 13.8 Å². The Morgan fingerprint density at radius 1 is 1.50 bits per heavy atom. The van der Waals surface area contributed by atoms with Crippen LogP contribution >= 0.6 is 0 Å². The van der Waals surface area contributed by atoms with Crippen LogP contribution in [-0.4, -0.2) is 35.3 Å². The highest BCUT2D eigenvalue weighted by Crippen LogP contribution is 1.93. The van der Waals surface area contributed by atoms with Gasteiger partial charge in [0.2, 0.25) is 0 Å². The molecule has 0 aliphatic carbocycles. The molecule has 1 heterocycles. The number of hydrogen-bond acceptors (Lipinski definition) is 1. The Kier molecular flexibility index (Phi) is 2.49. The van der Waals surface area contributed by atoms with Crippen molar-refractivity contribution in [3.63, 3.8) is 0 Å². The van der Waals surface area contributed by atoms with Gasteiger partial charge in [0.1, 0.15) is 6.54 Å². The van der Waals surface area contributed by atoms with Gasteiger partial charge in [-0.2, -0.15) is 0 Å². The van der Waals surface area contributed by atoms with Crippen molar-refractivity contribution in [2.45, 2.75) is 13.8 Å². The molecule has 0 N–H and O–H groups in total. The fraction of sp³-hybridized carbons (Fsp3) is 0.625. The van der Waals surface area contributed by atoms with E-state index < -0.39 is 0 Å². The number of rotatable bonds is 2. The highest BCUT2D eigenvalue weighted by molar-refractivity contribution is 5.55. The van der Waals surface area contributed by atoms with Crippen molar-refractivity contribution in [1.29, 1.82) is 0 Å². The van der Waals surface area contributed by atoms with E-state index in [0.717, 1.165) is 19.6 Å². The van der Waals surface area contributed by atoms with Crippen molar-refractivity contribution in [2.24, 2.45) is 0 Å². The minimum Gasteiger partial charge on any atom is -0.363 e. The molecule has 0 atom stereocenters. The Morgan fingerprint density at radius 2 is 2.30 bits per heavy atom. The molecule has 0 unspecified atom stereocenters. The Morgan fingerprint density at radius 3 is 2.70 bits per heavy atom. The van der Waals surface area contributed by atoms with Gasteiger partial charge in [0, 0.05) is 6.54 Å². The van der Waals surface area contributed by atoms with Crippen LogP contribution in [0.5, 0.6) is 0 Å². The lowest BCUT2D eigenvalue weighted by atomic mass is 10.4. The van der Waals surface area contributed by atoms with Gasteiger partial charge in [0.15, 0.2) is 12.4 Å². The van der Waals surface area contributed by atoms with Crippen molar-refractivity contribution in [3.8, 4) is 0 Å². The summed E-state index contributed by atoms with van der Waals surface area (Å²) >= 11 is 0. The average Bonchev–Trinajstić information content (AvgIpc) is 2.05. The quantitative estimate of drug-likeness (QED) is 0.515. The lowest BCUT2D eigenvalue weighted by Gasteiger charge is -2.15. The second kappa shape index (κ2) is 3.40. The maximum Gasteiger partial charge on any atom is 0.184 e. The van der Waals surface area contributed by atoms with Crippen LogP contribution in [0.1, 0.15) is 13.8 Å². The Labute approximate surface area is 62.5 Å². The predicted molar refractivity (Wildman–Crippen MR) is 43.3 cm³/mol. The van der Waals surface area contributed by atoms with Crippen LogP contribution in [0.2, 0.25) is 0 Å². The van der Waals surface area contributed by atoms with Crippen molar-refractivity contribution >= 4 is 6.21 Å². The van der Waals surface area contributed by atoms with E-state index in [1.54, 1.807) is 0 Å². The molecule has 0 fully saturated rings. The highest BCUT2D eigenvalue weighted by atomic mass is 15.1. The summed E-state index contributed by atoms with van der Waals surface area (Å²) in [6, 6.07) is 0. The van der Waals surface area contributed by atoms with Crippen molar-refractivity contribution in [3.05, 3.63) is 12.4 Å². The summed E-state index contributed by atoms with van der Waals surface area (Å²) in [6.07, 6.45) is 6.47. The van der Waals surface area contributed by atoms with Crippen LogP contribution < -0.4 is 0 Å². The Balaban J connectivity index is 2.46. The van der Waals surface area contributed by atoms with Gasteiger partial charge in [-0.3, -0.25) is 0 Å². The van der Waals surface area contributed by atoms with Gasteiger partial charge in [-0.15, -0.1) is 0 Å². The van der Waals surface area contributed by atoms with Crippen LogP contribution in [-0.2, 0) is 0 Å². The molecule has 1 rings (SSSR count). The largest absolute Gasteiger partial charge is 0.363 e. The summed E-state index contributed by atoms with van der Waals surface area (Å²) in [7, 11) is 0. The molecule has 0 saturated carbocycles. The third-order valence-electron chi connectivity index (χ3n) is 1.79. The van der Waals surface area contributed by atoms with Gasteiger partial charge >= 0.3 is 0 Å². The summed E-state index contributed by atoms with van der Waals surface area (Å²) in [5, 5.41) is 0. The number of hydrogen-bond donors (Lipinski definition) is 0. The minimum atomic E-state index is 1.06. The molecule has 0 spiro atoms. The molecule has 2 heteroatoms. The molecule has 1 aliphatic heterocycles. The third-order valence-corrected chi connectivity index (χ3v) is 1.79. The molecule has 0 amide bonds. The molecule has 56 valence electrons. The first-order chi connectivity index (χ1) is 4.86. The Bertz CT molecular complexity index is 159. The molecule has 0 aromatic heterocycles. The first kappa shape index (κ1) is 7.32. The number of nitrogens with zero attached hydrogens (tertiary/aromatic N) is 2. The third kappa shape index (κ3) is 1.59. The molecule has 0 aromatic carbocycles.